The zero-order valence-electron chi connectivity index (χ0n) is 13.1. The van der Waals surface area contributed by atoms with Gasteiger partial charge in [-0.05, 0) is 31.2 Å². The molecule has 0 unspecified atom stereocenters. The number of aliphatic hydroxyl groups is 1. The third-order valence-electron chi connectivity index (χ3n) is 4.11. The molecule has 2 aromatic rings. The molecule has 2 heterocycles. The van der Waals surface area contributed by atoms with E-state index in [2.05, 4.69) is 10.1 Å². The number of likely N-dealkylation sites (tertiary alicyclic amines) is 1. The summed E-state index contributed by atoms with van der Waals surface area (Å²) < 4.78 is 23.6. The van der Waals surface area contributed by atoms with E-state index in [4.69, 9.17) is 9.26 Å². The third kappa shape index (κ3) is 4.30. The first-order valence-electron chi connectivity index (χ1n) is 7.81. The highest BCUT2D eigenvalue weighted by Gasteiger charge is 2.31. The molecule has 1 saturated heterocycles. The molecule has 23 heavy (non-hydrogen) atoms. The second-order valence-corrected chi connectivity index (χ2v) is 6.03. The lowest BCUT2D eigenvalue weighted by molar-refractivity contribution is 0.136. The fraction of sp³-hybridized carbons (Fsp3) is 0.471. The molecule has 5 nitrogen and oxygen atoms in total. The van der Waals surface area contributed by atoms with Crippen LogP contribution in [0.1, 0.15) is 11.5 Å². The molecule has 1 aliphatic rings. The first kappa shape index (κ1) is 16.0. The third-order valence-corrected chi connectivity index (χ3v) is 4.11. The highest BCUT2D eigenvalue weighted by atomic mass is 19.1. The molecule has 1 N–H and O–H groups in total. The van der Waals surface area contributed by atoms with E-state index in [1.54, 1.807) is 12.1 Å². The zero-order valence-corrected chi connectivity index (χ0v) is 13.1. The Labute approximate surface area is 134 Å². The van der Waals surface area contributed by atoms with E-state index >= 15 is 0 Å². The Morgan fingerprint density at radius 3 is 2.83 bits per heavy atom. The van der Waals surface area contributed by atoms with E-state index < -0.39 is 0 Å². The Morgan fingerprint density at radius 2 is 2.13 bits per heavy atom. The van der Waals surface area contributed by atoms with Crippen LogP contribution in [0.3, 0.4) is 0 Å². The Bertz CT molecular complexity index is 629. The standard InChI is InChI=1S/C17H21FN2O3/c1-12-8-16(23-19-12)9-13-10-20(11-17(13)21)6-7-22-15-4-2-14(18)3-5-15/h2-5,8,13,17,21H,6-7,9-11H2,1H3/t13-,17+/m1/s1. The smallest absolute Gasteiger partial charge is 0.137 e. The lowest BCUT2D eigenvalue weighted by Gasteiger charge is -2.15. The fourth-order valence-corrected chi connectivity index (χ4v) is 2.92. The van der Waals surface area contributed by atoms with Gasteiger partial charge in [0.15, 0.2) is 0 Å². The number of benzene rings is 1. The van der Waals surface area contributed by atoms with Crippen LogP contribution in [0, 0.1) is 18.7 Å². The summed E-state index contributed by atoms with van der Waals surface area (Å²) in [6.45, 7) is 4.54. The summed E-state index contributed by atoms with van der Waals surface area (Å²) >= 11 is 0. The van der Waals surface area contributed by atoms with Crippen LogP contribution in [-0.2, 0) is 6.42 Å². The van der Waals surface area contributed by atoms with Gasteiger partial charge in [0.05, 0.1) is 11.8 Å². The highest BCUT2D eigenvalue weighted by Crippen LogP contribution is 2.22. The predicted molar refractivity (Wildman–Crippen MR) is 82.8 cm³/mol. The monoisotopic (exact) mass is 320 g/mol. The summed E-state index contributed by atoms with van der Waals surface area (Å²) in [5.74, 6) is 1.34. The van der Waals surface area contributed by atoms with Gasteiger partial charge in [0.1, 0.15) is 23.9 Å². The van der Waals surface area contributed by atoms with Crippen molar-refractivity contribution in [1.82, 2.24) is 10.1 Å². The van der Waals surface area contributed by atoms with E-state index in [9.17, 15) is 9.50 Å². The Morgan fingerprint density at radius 1 is 1.35 bits per heavy atom. The van der Waals surface area contributed by atoms with Crippen molar-refractivity contribution < 1.29 is 18.8 Å². The molecule has 0 amide bonds. The summed E-state index contributed by atoms with van der Waals surface area (Å²) in [6.07, 6.45) is 0.323. The average Bonchev–Trinajstić information content (AvgIpc) is 3.08. The van der Waals surface area contributed by atoms with Gasteiger partial charge in [-0.3, -0.25) is 4.90 Å². The van der Waals surface area contributed by atoms with E-state index in [0.717, 1.165) is 24.5 Å². The number of halogens is 1. The molecule has 1 aromatic carbocycles. The number of nitrogens with zero attached hydrogens (tertiary/aromatic N) is 2. The van der Waals surface area contributed by atoms with Crippen molar-refractivity contribution in [2.75, 3.05) is 26.2 Å². The van der Waals surface area contributed by atoms with Crippen LogP contribution in [0.4, 0.5) is 4.39 Å². The number of aromatic nitrogens is 1. The second kappa shape index (κ2) is 7.10. The zero-order chi connectivity index (χ0) is 16.2. The number of hydrogen-bond acceptors (Lipinski definition) is 5. The molecule has 1 fully saturated rings. The number of aliphatic hydroxyl groups excluding tert-OH is 1. The van der Waals surface area contributed by atoms with Crippen molar-refractivity contribution in [2.45, 2.75) is 19.4 Å². The number of ether oxygens (including phenoxy) is 1. The molecule has 6 heteroatoms. The maximum Gasteiger partial charge on any atom is 0.137 e. The summed E-state index contributed by atoms with van der Waals surface area (Å²) in [5, 5.41) is 14.1. The van der Waals surface area contributed by atoms with Crippen LogP contribution in [0.5, 0.6) is 5.75 Å². The van der Waals surface area contributed by atoms with E-state index in [-0.39, 0.29) is 17.8 Å². The van der Waals surface area contributed by atoms with Crippen molar-refractivity contribution in [3.63, 3.8) is 0 Å². The lowest BCUT2D eigenvalue weighted by Crippen LogP contribution is -2.27. The highest BCUT2D eigenvalue weighted by molar-refractivity contribution is 5.22. The minimum absolute atomic E-state index is 0.146. The molecule has 0 radical (unpaired) electrons. The largest absolute Gasteiger partial charge is 0.492 e. The van der Waals surface area contributed by atoms with Crippen LogP contribution in [-0.4, -0.2) is 47.5 Å². The Kier molecular flexibility index (Phi) is 4.93. The Hall–Kier alpha value is -1.92. The molecule has 124 valence electrons. The molecular formula is C17H21FN2O3. The van der Waals surface area contributed by atoms with Crippen LogP contribution < -0.4 is 4.74 Å². The van der Waals surface area contributed by atoms with Gasteiger partial charge >= 0.3 is 0 Å². The molecule has 0 saturated carbocycles. The van der Waals surface area contributed by atoms with Crippen molar-refractivity contribution >= 4 is 0 Å². The van der Waals surface area contributed by atoms with Gasteiger partial charge < -0.3 is 14.4 Å². The van der Waals surface area contributed by atoms with Gasteiger partial charge in [-0.25, -0.2) is 4.39 Å². The van der Waals surface area contributed by atoms with Crippen molar-refractivity contribution in [1.29, 1.82) is 0 Å². The molecular weight excluding hydrogens is 299 g/mol. The van der Waals surface area contributed by atoms with E-state index in [0.29, 0.717) is 25.3 Å². The first-order chi connectivity index (χ1) is 11.1. The quantitative estimate of drug-likeness (QED) is 0.882. The van der Waals surface area contributed by atoms with E-state index in [1.807, 2.05) is 13.0 Å². The van der Waals surface area contributed by atoms with Crippen LogP contribution in [0.15, 0.2) is 34.9 Å². The second-order valence-electron chi connectivity index (χ2n) is 6.03. The summed E-state index contributed by atoms with van der Waals surface area (Å²) in [6, 6.07) is 7.90. The molecule has 0 spiro atoms. The van der Waals surface area contributed by atoms with Gasteiger partial charge in [0.2, 0.25) is 0 Å². The van der Waals surface area contributed by atoms with Crippen molar-refractivity contribution in [3.05, 3.63) is 47.6 Å². The van der Waals surface area contributed by atoms with Crippen molar-refractivity contribution in [3.8, 4) is 5.75 Å². The van der Waals surface area contributed by atoms with Crippen LogP contribution >= 0.6 is 0 Å². The maximum atomic E-state index is 12.8. The fourth-order valence-electron chi connectivity index (χ4n) is 2.92. The van der Waals surface area contributed by atoms with Gasteiger partial charge in [-0.1, -0.05) is 5.16 Å². The minimum Gasteiger partial charge on any atom is -0.492 e. The van der Waals surface area contributed by atoms with E-state index in [1.165, 1.54) is 12.1 Å². The summed E-state index contributed by atoms with van der Waals surface area (Å²) in [7, 11) is 0. The normalized spacial score (nSPS) is 21.7. The van der Waals surface area contributed by atoms with Gasteiger partial charge in [-0.15, -0.1) is 0 Å². The Balaban J connectivity index is 1.44. The summed E-state index contributed by atoms with van der Waals surface area (Å²) in [4.78, 5) is 2.17. The maximum absolute atomic E-state index is 12.8. The summed E-state index contributed by atoms with van der Waals surface area (Å²) in [5.41, 5.74) is 0.858. The lowest BCUT2D eigenvalue weighted by atomic mass is 10.0. The molecule has 1 aromatic heterocycles. The molecule has 0 aliphatic carbocycles. The molecule has 1 aliphatic heterocycles. The first-order valence-corrected chi connectivity index (χ1v) is 7.81. The minimum atomic E-state index is -0.369. The number of hydrogen-bond donors (Lipinski definition) is 1. The molecule has 0 bridgehead atoms. The van der Waals surface area contributed by atoms with Crippen LogP contribution in [0.2, 0.25) is 0 Å². The SMILES string of the molecule is Cc1cc(C[C@@H]2CN(CCOc3ccc(F)cc3)C[C@@H]2O)on1. The molecule has 3 rings (SSSR count). The van der Waals surface area contributed by atoms with Gasteiger partial charge in [0, 0.05) is 38.0 Å². The topological polar surface area (TPSA) is 58.7 Å². The predicted octanol–water partition coefficient (Wildman–Crippen LogP) is 2.04. The van der Waals surface area contributed by atoms with Crippen molar-refractivity contribution in [2.24, 2.45) is 5.92 Å². The average molecular weight is 320 g/mol. The molecule has 2 atom stereocenters. The number of aryl methyl sites for hydroxylation is 1. The number of rotatable bonds is 6. The van der Waals surface area contributed by atoms with Gasteiger partial charge in [0.25, 0.3) is 0 Å². The number of β-amino-alcohol motifs (C(OH)–C–C–N with tert-alkyl or cyclic N) is 1. The van der Waals surface area contributed by atoms with Gasteiger partial charge in [-0.2, -0.15) is 0 Å². The van der Waals surface area contributed by atoms with Crippen LogP contribution in [0.25, 0.3) is 0 Å².